The molecule has 8 nitrogen and oxygen atoms in total. The number of nitrogens with one attached hydrogen (secondary N) is 1. The highest BCUT2D eigenvalue weighted by Gasteiger charge is 2.17. The Morgan fingerprint density at radius 1 is 1.26 bits per heavy atom. The summed E-state index contributed by atoms with van der Waals surface area (Å²) in [5.74, 6) is -0.280. The van der Waals surface area contributed by atoms with Crippen molar-refractivity contribution in [2.45, 2.75) is 13.0 Å². The van der Waals surface area contributed by atoms with E-state index in [-0.39, 0.29) is 35.7 Å². The van der Waals surface area contributed by atoms with Crippen LogP contribution in [0.3, 0.4) is 0 Å². The van der Waals surface area contributed by atoms with E-state index in [0.717, 1.165) is 0 Å². The van der Waals surface area contributed by atoms with E-state index in [1.54, 1.807) is 18.2 Å². The number of hydrogen-bond acceptors (Lipinski definition) is 6. The van der Waals surface area contributed by atoms with Crippen LogP contribution in [0.15, 0.2) is 58.1 Å². The van der Waals surface area contributed by atoms with Crippen molar-refractivity contribution in [3.05, 3.63) is 70.0 Å². The van der Waals surface area contributed by atoms with E-state index in [0.29, 0.717) is 22.0 Å². The molecule has 4 rings (SSSR count). The van der Waals surface area contributed by atoms with Gasteiger partial charge >= 0.3 is 0 Å². The Morgan fingerprint density at radius 2 is 2.03 bits per heavy atom. The van der Waals surface area contributed by atoms with Gasteiger partial charge in [0.25, 0.3) is 11.3 Å². The van der Waals surface area contributed by atoms with Gasteiger partial charge in [-0.15, -0.1) is 0 Å². The van der Waals surface area contributed by atoms with E-state index in [1.807, 2.05) is 0 Å². The van der Waals surface area contributed by atoms with Crippen LogP contribution in [0.1, 0.15) is 6.42 Å². The van der Waals surface area contributed by atoms with Gasteiger partial charge in [-0.2, -0.15) is 0 Å². The molecule has 0 atom stereocenters. The molecule has 1 N–H and O–H groups in total. The highest BCUT2D eigenvalue weighted by Crippen LogP contribution is 2.28. The number of fused-ring (bicyclic) bond motifs is 1. The molecule has 2 heterocycles. The van der Waals surface area contributed by atoms with Gasteiger partial charge in [-0.3, -0.25) is 14.2 Å². The van der Waals surface area contributed by atoms with Gasteiger partial charge in [-0.25, -0.2) is 9.37 Å². The summed E-state index contributed by atoms with van der Waals surface area (Å²) in [6.45, 7) is 0.0739. The molecule has 0 radical (unpaired) electrons. The maximum absolute atomic E-state index is 13.2. The number of aromatic nitrogens is 3. The number of carbonyl (C=O) groups is 1. The molecule has 158 valence electrons. The first-order valence-electron chi connectivity index (χ1n) is 9.20. The third kappa shape index (κ3) is 4.26. The maximum Gasteiger partial charge on any atom is 0.266 e. The second-order valence-electron chi connectivity index (χ2n) is 6.60. The molecule has 0 aliphatic rings. The number of nitrogens with zero attached hydrogens (tertiary/aromatic N) is 3. The number of anilines is 1. The Morgan fingerprint density at radius 3 is 2.77 bits per heavy atom. The third-order valence-corrected chi connectivity index (χ3v) is 4.83. The van der Waals surface area contributed by atoms with Crippen LogP contribution >= 0.6 is 11.6 Å². The van der Waals surface area contributed by atoms with Crippen LogP contribution in [0.2, 0.25) is 5.02 Å². The predicted octanol–water partition coefficient (Wildman–Crippen LogP) is 3.88. The number of hydrogen-bond donors (Lipinski definition) is 1. The number of aryl methyl sites for hydroxylation is 1. The quantitative estimate of drug-likeness (QED) is 0.486. The highest BCUT2D eigenvalue weighted by atomic mass is 35.5. The maximum atomic E-state index is 13.2. The number of methoxy groups -OCH3 is 1. The number of rotatable bonds is 6. The Labute approximate surface area is 180 Å². The van der Waals surface area contributed by atoms with Gasteiger partial charge in [0.2, 0.25) is 5.91 Å². The van der Waals surface area contributed by atoms with E-state index >= 15 is 0 Å². The number of amides is 1. The number of carbonyl (C=O) groups excluding carboxylic acids is 1. The molecule has 2 aromatic carbocycles. The normalized spacial score (nSPS) is 10.9. The molecule has 0 spiro atoms. The first kappa shape index (κ1) is 20.5. The summed E-state index contributed by atoms with van der Waals surface area (Å²) in [6, 6.07) is 10.4. The second kappa shape index (κ2) is 8.57. The second-order valence-corrected chi connectivity index (χ2v) is 7.04. The van der Waals surface area contributed by atoms with Crippen LogP contribution in [0, 0.1) is 5.82 Å². The Hall–Kier alpha value is -3.72. The Kier molecular flexibility index (Phi) is 5.68. The van der Waals surface area contributed by atoms with Gasteiger partial charge in [-0.05, 0) is 42.5 Å². The minimum Gasteiger partial charge on any atom is -0.495 e. The van der Waals surface area contributed by atoms with E-state index in [9.17, 15) is 14.0 Å². The fourth-order valence-corrected chi connectivity index (χ4v) is 3.23. The van der Waals surface area contributed by atoms with E-state index in [2.05, 4.69) is 15.5 Å². The van der Waals surface area contributed by atoms with Crippen LogP contribution in [0.25, 0.3) is 22.4 Å². The zero-order valence-corrected chi connectivity index (χ0v) is 17.0. The van der Waals surface area contributed by atoms with Crippen molar-refractivity contribution in [3.8, 4) is 17.0 Å². The summed E-state index contributed by atoms with van der Waals surface area (Å²) in [5.41, 5.74) is 0.850. The lowest BCUT2D eigenvalue weighted by molar-refractivity contribution is -0.116. The molecule has 31 heavy (non-hydrogen) atoms. The van der Waals surface area contributed by atoms with Crippen molar-refractivity contribution in [3.63, 3.8) is 0 Å². The smallest absolute Gasteiger partial charge is 0.266 e. The minimum atomic E-state index is -0.418. The average molecular weight is 443 g/mol. The topological polar surface area (TPSA) is 99.2 Å². The summed E-state index contributed by atoms with van der Waals surface area (Å²) in [6.07, 6.45) is 1.29. The average Bonchev–Trinajstić information content (AvgIpc) is 3.19. The molecule has 10 heteroatoms. The van der Waals surface area contributed by atoms with Gasteiger partial charge in [0, 0.05) is 23.6 Å². The molecule has 0 aliphatic carbocycles. The van der Waals surface area contributed by atoms with Gasteiger partial charge in [0.15, 0.2) is 0 Å². The number of ether oxygens (including phenoxy) is 1. The van der Waals surface area contributed by atoms with Crippen molar-refractivity contribution in [1.29, 1.82) is 0 Å². The van der Waals surface area contributed by atoms with Gasteiger partial charge in [0.1, 0.15) is 29.0 Å². The lowest BCUT2D eigenvalue weighted by Gasteiger charge is -2.11. The SMILES string of the molecule is COc1ccc(Cl)cc1NC(=O)CCn1cnc2onc(-c3ccc(F)cc3)c2c1=O. The third-order valence-electron chi connectivity index (χ3n) is 4.60. The van der Waals surface area contributed by atoms with Gasteiger partial charge in [-0.1, -0.05) is 16.8 Å². The van der Waals surface area contributed by atoms with Crippen molar-refractivity contribution in [1.82, 2.24) is 14.7 Å². The molecule has 0 unspecified atom stereocenters. The first-order valence-corrected chi connectivity index (χ1v) is 9.58. The predicted molar refractivity (Wildman–Crippen MR) is 113 cm³/mol. The summed E-state index contributed by atoms with van der Waals surface area (Å²) >= 11 is 5.97. The molecular weight excluding hydrogens is 427 g/mol. The lowest BCUT2D eigenvalue weighted by Crippen LogP contribution is -2.23. The molecule has 2 aromatic heterocycles. The van der Waals surface area contributed by atoms with E-state index in [1.165, 1.54) is 42.3 Å². The molecule has 0 aliphatic heterocycles. The molecule has 0 bridgehead atoms. The minimum absolute atomic E-state index is 0.0000769. The number of benzene rings is 2. The van der Waals surface area contributed by atoms with Crippen LogP contribution in [0.4, 0.5) is 10.1 Å². The summed E-state index contributed by atoms with van der Waals surface area (Å²) < 4.78 is 24.8. The molecule has 0 saturated carbocycles. The van der Waals surface area contributed by atoms with Crippen LogP contribution in [-0.4, -0.2) is 27.7 Å². The molecule has 0 fully saturated rings. The van der Waals surface area contributed by atoms with E-state index in [4.69, 9.17) is 20.9 Å². The zero-order valence-electron chi connectivity index (χ0n) is 16.3. The van der Waals surface area contributed by atoms with Crippen molar-refractivity contribution >= 4 is 34.3 Å². The molecule has 4 aromatic rings. The monoisotopic (exact) mass is 442 g/mol. The van der Waals surface area contributed by atoms with Crippen molar-refractivity contribution in [2.75, 3.05) is 12.4 Å². The molecule has 0 saturated heterocycles. The van der Waals surface area contributed by atoms with Crippen molar-refractivity contribution in [2.24, 2.45) is 0 Å². The highest BCUT2D eigenvalue weighted by molar-refractivity contribution is 6.31. The number of halogens is 2. The van der Waals surface area contributed by atoms with E-state index < -0.39 is 11.4 Å². The molecule has 1 amide bonds. The first-order chi connectivity index (χ1) is 15.0. The van der Waals surface area contributed by atoms with Crippen LogP contribution in [0.5, 0.6) is 5.75 Å². The Bertz CT molecular complexity index is 1320. The summed E-state index contributed by atoms with van der Waals surface area (Å²) in [4.78, 5) is 29.4. The fourth-order valence-electron chi connectivity index (χ4n) is 3.06. The lowest BCUT2D eigenvalue weighted by atomic mass is 10.1. The summed E-state index contributed by atoms with van der Waals surface area (Å²) in [7, 11) is 1.48. The zero-order chi connectivity index (χ0) is 22.0. The Balaban J connectivity index is 1.55. The summed E-state index contributed by atoms with van der Waals surface area (Å²) in [5, 5.41) is 7.22. The van der Waals surface area contributed by atoms with Crippen LogP contribution in [-0.2, 0) is 11.3 Å². The van der Waals surface area contributed by atoms with Crippen LogP contribution < -0.4 is 15.6 Å². The van der Waals surface area contributed by atoms with Gasteiger partial charge in [0.05, 0.1) is 12.8 Å². The van der Waals surface area contributed by atoms with Gasteiger partial charge < -0.3 is 14.6 Å². The largest absolute Gasteiger partial charge is 0.495 e. The van der Waals surface area contributed by atoms with Crippen molar-refractivity contribution < 1.29 is 18.4 Å². The molecular formula is C21H16ClFN4O4. The fraction of sp³-hybridized carbons (Fsp3) is 0.143. The standard InChI is InChI=1S/C21H16ClFN4O4/c1-30-16-7-4-13(22)10-15(16)25-17(28)8-9-27-11-24-20-18(21(27)29)19(26-31-20)12-2-5-14(23)6-3-12/h2-7,10-11H,8-9H2,1H3,(H,25,28).